The molecule has 0 spiro atoms. The molecular weight excluding hydrogens is 320 g/mol. The van der Waals surface area contributed by atoms with Crippen LogP contribution in [-0.2, 0) is 5.41 Å². The molecule has 0 N–H and O–H groups in total. The van der Waals surface area contributed by atoms with Crippen LogP contribution in [0.5, 0.6) is 0 Å². The van der Waals surface area contributed by atoms with Gasteiger partial charge in [0.25, 0.3) is 0 Å². The minimum Gasteiger partial charge on any atom is -0.374 e. The first kappa shape index (κ1) is 15.3. The minimum atomic E-state index is -0.333. The minimum absolute atomic E-state index is 0.272. The molecule has 1 saturated carbocycles. The molecule has 0 saturated heterocycles. The summed E-state index contributed by atoms with van der Waals surface area (Å²) in [5.41, 5.74) is 5.17. The van der Waals surface area contributed by atoms with Gasteiger partial charge >= 0.3 is 0 Å². The molecule has 3 aromatic rings. The Morgan fingerprint density at radius 2 is 1.81 bits per heavy atom. The summed E-state index contributed by atoms with van der Waals surface area (Å²) in [7, 11) is 2.13. The van der Waals surface area contributed by atoms with Crippen LogP contribution in [0.1, 0.15) is 22.3 Å². The molecule has 2 atom stereocenters. The topological polar surface area (TPSA) is 33.2 Å². The molecule has 0 amide bonds. The number of hydrogen-bond acceptors (Lipinski definition) is 3. The van der Waals surface area contributed by atoms with E-state index in [1.54, 1.807) is 0 Å². The van der Waals surface area contributed by atoms with Crippen molar-refractivity contribution in [3.05, 3.63) is 84.2 Å². The van der Waals surface area contributed by atoms with E-state index in [0.717, 1.165) is 24.1 Å². The zero-order valence-corrected chi connectivity index (χ0v) is 14.7. The van der Waals surface area contributed by atoms with E-state index in [0.29, 0.717) is 5.92 Å². The van der Waals surface area contributed by atoms with E-state index >= 15 is 0 Å². The second kappa shape index (κ2) is 5.53. The van der Waals surface area contributed by atoms with Crippen LogP contribution >= 0.6 is 0 Å². The van der Waals surface area contributed by atoms with Crippen molar-refractivity contribution in [2.45, 2.75) is 11.8 Å². The third-order valence-corrected chi connectivity index (χ3v) is 5.94. The summed E-state index contributed by atoms with van der Waals surface area (Å²) in [5, 5.41) is 0. The van der Waals surface area contributed by atoms with Crippen molar-refractivity contribution in [2.75, 3.05) is 18.5 Å². The maximum absolute atomic E-state index is 13.4. The zero-order valence-electron chi connectivity index (χ0n) is 14.7. The highest BCUT2D eigenvalue weighted by molar-refractivity contribution is 6.08. The molecule has 1 aliphatic carbocycles. The number of carbonyl (C=O) groups excluding carboxylic acids is 1. The fourth-order valence-corrected chi connectivity index (χ4v) is 4.51. The first-order chi connectivity index (χ1) is 12.7. The SMILES string of the molecule is CN1C[C@@H]2C[C@]2(C(=O)c2ccccc2)c2ccc(-c3ccncc3)cc21. The van der Waals surface area contributed by atoms with Gasteiger partial charge in [0, 0.05) is 37.2 Å². The van der Waals surface area contributed by atoms with Crippen molar-refractivity contribution < 1.29 is 4.79 Å². The van der Waals surface area contributed by atoms with E-state index in [-0.39, 0.29) is 11.2 Å². The lowest BCUT2D eigenvalue weighted by atomic mass is 9.81. The van der Waals surface area contributed by atoms with Crippen molar-refractivity contribution in [2.24, 2.45) is 5.92 Å². The molecule has 26 heavy (non-hydrogen) atoms. The van der Waals surface area contributed by atoms with Gasteiger partial charge < -0.3 is 4.90 Å². The summed E-state index contributed by atoms with van der Waals surface area (Å²) >= 11 is 0. The number of pyridine rings is 1. The van der Waals surface area contributed by atoms with E-state index in [1.807, 2.05) is 54.9 Å². The van der Waals surface area contributed by atoms with Crippen molar-refractivity contribution in [3.63, 3.8) is 0 Å². The third kappa shape index (κ3) is 2.13. The monoisotopic (exact) mass is 340 g/mol. The lowest BCUT2D eigenvalue weighted by Gasteiger charge is -2.33. The first-order valence-electron chi connectivity index (χ1n) is 9.06. The van der Waals surface area contributed by atoms with Gasteiger partial charge in [-0.25, -0.2) is 0 Å². The molecule has 3 heteroatoms. The molecule has 128 valence electrons. The number of Topliss-reactive ketones (excluding diaryl/α,β-unsaturated/α-hetero) is 1. The number of rotatable bonds is 3. The van der Waals surface area contributed by atoms with Crippen LogP contribution < -0.4 is 4.90 Å². The fraction of sp³-hybridized carbons (Fsp3) is 0.217. The lowest BCUT2D eigenvalue weighted by molar-refractivity contribution is 0.0936. The average Bonchev–Trinajstić information content (AvgIpc) is 3.44. The predicted octanol–water partition coefficient (Wildman–Crippen LogP) is 4.34. The van der Waals surface area contributed by atoms with Crippen molar-refractivity contribution in [1.82, 2.24) is 4.98 Å². The average molecular weight is 340 g/mol. The Balaban J connectivity index is 1.61. The van der Waals surface area contributed by atoms with Gasteiger partial charge in [0.15, 0.2) is 5.78 Å². The number of nitrogens with zero attached hydrogens (tertiary/aromatic N) is 2. The molecule has 0 unspecified atom stereocenters. The van der Waals surface area contributed by atoms with Crippen LogP contribution in [0.2, 0.25) is 0 Å². The summed E-state index contributed by atoms with van der Waals surface area (Å²) in [6, 6.07) is 20.3. The Morgan fingerprint density at radius 1 is 1.04 bits per heavy atom. The lowest BCUT2D eigenvalue weighted by Crippen LogP contribution is -2.35. The van der Waals surface area contributed by atoms with E-state index in [1.165, 1.54) is 16.8 Å². The van der Waals surface area contributed by atoms with Crippen LogP contribution in [0.4, 0.5) is 5.69 Å². The number of aromatic nitrogens is 1. The second-order valence-corrected chi connectivity index (χ2v) is 7.42. The van der Waals surface area contributed by atoms with E-state index in [4.69, 9.17) is 0 Å². The summed E-state index contributed by atoms with van der Waals surface area (Å²) in [6.07, 6.45) is 4.58. The van der Waals surface area contributed by atoms with Crippen molar-refractivity contribution >= 4 is 11.5 Å². The maximum Gasteiger partial charge on any atom is 0.173 e. The molecule has 1 fully saturated rings. The quantitative estimate of drug-likeness (QED) is 0.665. The normalized spacial score (nSPS) is 23.1. The third-order valence-electron chi connectivity index (χ3n) is 5.94. The molecule has 3 nitrogen and oxygen atoms in total. The first-order valence-corrected chi connectivity index (χ1v) is 9.06. The van der Waals surface area contributed by atoms with Gasteiger partial charge in [-0.2, -0.15) is 0 Å². The van der Waals surface area contributed by atoms with Gasteiger partial charge in [-0.3, -0.25) is 9.78 Å². The molecule has 1 aromatic heterocycles. The Morgan fingerprint density at radius 3 is 2.58 bits per heavy atom. The van der Waals surface area contributed by atoms with Crippen LogP contribution in [-0.4, -0.2) is 24.4 Å². The number of hydrogen-bond donors (Lipinski definition) is 0. The number of benzene rings is 2. The second-order valence-electron chi connectivity index (χ2n) is 7.42. The zero-order chi connectivity index (χ0) is 17.7. The smallest absolute Gasteiger partial charge is 0.173 e. The van der Waals surface area contributed by atoms with Gasteiger partial charge in [-0.15, -0.1) is 0 Å². The van der Waals surface area contributed by atoms with Crippen LogP contribution in [0.15, 0.2) is 73.1 Å². The van der Waals surface area contributed by atoms with Crippen LogP contribution in [0.3, 0.4) is 0 Å². The Kier molecular flexibility index (Phi) is 3.26. The Labute approximate surface area is 153 Å². The van der Waals surface area contributed by atoms with E-state index in [2.05, 4.69) is 35.1 Å². The van der Waals surface area contributed by atoms with Crippen molar-refractivity contribution in [3.8, 4) is 11.1 Å². The molecule has 1 aliphatic heterocycles. The summed E-state index contributed by atoms with van der Waals surface area (Å²) in [5.74, 6) is 0.689. The van der Waals surface area contributed by atoms with E-state index < -0.39 is 0 Å². The highest BCUT2D eigenvalue weighted by Gasteiger charge is 2.63. The Bertz CT molecular complexity index is 984. The fourth-order valence-electron chi connectivity index (χ4n) is 4.51. The highest BCUT2D eigenvalue weighted by Crippen LogP contribution is 2.61. The molecule has 0 radical (unpaired) electrons. The largest absolute Gasteiger partial charge is 0.374 e. The number of fused-ring (bicyclic) bond motifs is 3. The summed E-state index contributed by atoms with van der Waals surface area (Å²) in [4.78, 5) is 19.8. The van der Waals surface area contributed by atoms with E-state index in [9.17, 15) is 4.79 Å². The number of ketones is 1. The van der Waals surface area contributed by atoms with Crippen molar-refractivity contribution in [1.29, 1.82) is 0 Å². The maximum atomic E-state index is 13.4. The Hall–Kier alpha value is -2.94. The summed E-state index contributed by atoms with van der Waals surface area (Å²) in [6.45, 7) is 0.936. The molecular formula is C23H20N2O. The highest BCUT2D eigenvalue weighted by atomic mass is 16.1. The van der Waals surface area contributed by atoms with Crippen LogP contribution in [0.25, 0.3) is 11.1 Å². The van der Waals surface area contributed by atoms with Gasteiger partial charge in [0.2, 0.25) is 0 Å². The molecule has 2 aliphatic rings. The number of carbonyl (C=O) groups is 1. The van der Waals surface area contributed by atoms with Crippen LogP contribution in [0, 0.1) is 5.92 Å². The van der Waals surface area contributed by atoms with Gasteiger partial charge in [-0.05, 0) is 47.2 Å². The van der Waals surface area contributed by atoms with Gasteiger partial charge in [0.05, 0.1) is 5.41 Å². The number of anilines is 1. The molecule has 5 rings (SSSR count). The molecule has 2 heterocycles. The van der Waals surface area contributed by atoms with Gasteiger partial charge in [0.1, 0.15) is 0 Å². The van der Waals surface area contributed by atoms with Gasteiger partial charge in [-0.1, -0.05) is 42.5 Å². The predicted molar refractivity (Wildman–Crippen MR) is 104 cm³/mol. The summed E-state index contributed by atoms with van der Waals surface area (Å²) < 4.78 is 0. The molecule has 0 bridgehead atoms. The standard InChI is InChI=1S/C23H20N2O/c1-25-15-19-14-23(19,22(26)17-5-3-2-4-6-17)20-8-7-18(13-21(20)25)16-9-11-24-12-10-16/h2-13,19H,14-15H2,1H3/t19-,23+/m0/s1. The molecule has 2 aromatic carbocycles.